The second-order valence-electron chi connectivity index (χ2n) is 6.76. The van der Waals surface area contributed by atoms with E-state index in [-0.39, 0.29) is 24.3 Å². The van der Waals surface area contributed by atoms with Gasteiger partial charge in [-0.15, -0.1) is 0 Å². The van der Waals surface area contributed by atoms with E-state index in [0.29, 0.717) is 4.80 Å². The maximum Gasteiger partial charge on any atom is 0.325 e. The Morgan fingerprint density at radius 1 is 1.24 bits per heavy atom. The van der Waals surface area contributed by atoms with Gasteiger partial charge in [0.15, 0.2) is 4.80 Å². The number of hydrogen-bond acceptors (Lipinski definition) is 4. The Morgan fingerprint density at radius 2 is 1.96 bits per heavy atom. The van der Waals surface area contributed by atoms with Crippen LogP contribution in [-0.2, 0) is 20.9 Å². The summed E-state index contributed by atoms with van der Waals surface area (Å²) in [4.78, 5) is 29.5. The summed E-state index contributed by atoms with van der Waals surface area (Å²) >= 11 is 1.46. The number of aromatic nitrogens is 1. The van der Waals surface area contributed by atoms with Gasteiger partial charge in [0.05, 0.1) is 17.3 Å². The molecule has 2 aromatic rings. The van der Waals surface area contributed by atoms with E-state index in [2.05, 4.69) is 17.1 Å². The third-order valence-electron chi connectivity index (χ3n) is 4.79. The van der Waals surface area contributed by atoms with Crippen LogP contribution in [0.4, 0.5) is 0 Å². The first-order valence-electron chi connectivity index (χ1n) is 8.75. The van der Waals surface area contributed by atoms with Crippen LogP contribution in [0.15, 0.2) is 17.1 Å². The van der Waals surface area contributed by atoms with Gasteiger partial charge in [-0.25, -0.2) is 0 Å². The summed E-state index contributed by atoms with van der Waals surface area (Å²) in [6.45, 7) is 4.13. The molecule has 25 heavy (non-hydrogen) atoms. The van der Waals surface area contributed by atoms with Crippen LogP contribution < -0.4 is 4.80 Å². The number of nitrogens with zero attached hydrogens (tertiary/aromatic N) is 2. The molecule has 0 bridgehead atoms. The van der Waals surface area contributed by atoms with E-state index in [0.717, 1.165) is 47.0 Å². The van der Waals surface area contributed by atoms with E-state index in [1.807, 2.05) is 18.4 Å². The van der Waals surface area contributed by atoms with Crippen molar-refractivity contribution in [2.45, 2.75) is 52.5 Å². The highest BCUT2D eigenvalue weighted by Crippen LogP contribution is 2.26. The number of ether oxygens (including phenoxy) is 1. The third kappa shape index (κ3) is 3.84. The predicted octanol–water partition coefficient (Wildman–Crippen LogP) is 3.50. The predicted molar refractivity (Wildman–Crippen MR) is 98.5 cm³/mol. The van der Waals surface area contributed by atoms with Crippen molar-refractivity contribution in [3.63, 3.8) is 0 Å². The highest BCUT2D eigenvalue weighted by molar-refractivity contribution is 7.16. The molecule has 1 aromatic carbocycles. The average molecular weight is 360 g/mol. The van der Waals surface area contributed by atoms with Gasteiger partial charge in [-0.05, 0) is 43.9 Å². The number of aryl methyl sites for hydroxylation is 2. The number of rotatable bonds is 3. The van der Waals surface area contributed by atoms with Gasteiger partial charge in [0.1, 0.15) is 6.54 Å². The van der Waals surface area contributed by atoms with Crippen molar-refractivity contribution in [2.24, 2.45) is 10.9 Å². The lowest BCUT2D eigenvalue weighted by atomic mass is 9.89. The Kier molecular flexibility index (Phi) is 5.37. The van der Waals surface area contributed by atoms with Gasteiger partial charge >= 0.3 is 5.97 Å². The number of benzene rings is 1. The minimum absolute atomic E-state index is 0.0216. The van der Waals surface area contributed by atoms with Crippen LogP contribution >= 0.6 is 11.3 Å². The summed E-state index contributed by atoms with van der Waals surface area (Å²) in [6.07, 6.45) is 5.23. The Balaban J connectivity index is 2.10. The molecule has 1 saturated carbocycles. The molecule has 1 amide bonds. The molecule has 1 fully saturated rings. The Morgan fingerprint density at radius 3 is 2.64 bits per heavy atom. The van der Waals surface area contributed by atoms with Crippen molar-refractivity contribution in [1.82, 2.24) is 4.57 Å². The average Bonchev–Trinajstić information content (AvgIpc) is 2.92. The SMILES string of the molecule is COC(=O)Cn1c(=NC(=O)C2CCCCC2)sc2cc(C)cc(C)c21. The second-order valence-corrected chi connectivity index (χ2v) is 7.77. The van der Waals surface area contributed by atoms with Crippen LogP contribution in [-0.4, -0.2) is 23.6 Å². The van der Waals surface area contributed by atoms with Crippen molar-refractivity contribution < 1.29 is 14.3 Å². The van der Waals surface area contributed by atoms with Crippen LogP contribution in [0.25, 0.3) is 10.2 Å². The zero-order chi connectivity index (χ0) is 18.0. The number of carbonyl (C=O) groups excluding carboxylic acids is 2. The first-order chi connectivity index (χ1) is 12.0. The minimum atomic E-state index is -0.341. The molecule has 1 heterocycles. The van der Waals surface area contributed by atoms with Gasteiger partial charge in [0.25, 0.3) is 5.91 Å². The van der Waals surface area contributed by atoms with Crippen LogP contribution in [0.3, 0.4) is 0 Å². The van der Waals surface area contributed by atoms with Crippen LogP contribution in [0.1, 0.15) is 43.2 Å². The monoisotopic (exact) mass is 360 g/mol. The van der Waals surface area contributed by atoms with Gasteiger partial charge in [-0.2, -0.15) is 4.99 Å². The highest BCUT2D eigenvalue weighted by Gasteiger charge is 2.21. The number of carbonyl (C=O) groups is 2. The number of amides is 1. The fraction of sp³-hybridized carbons (Fsp3) is 0.526. The van der Waals surface area contributed by atoms with E-state index in [1.165, 1.54) is 24.9 Å². The fourth-order valence-corrected chi connectivity index (χ4v) is 4.76. The van der Waals surface area contributed by atoms with Gasteiger partial charge in [0.2, 0.25) is 0 Å². The number of hydrogen-bond donors (Lipinski definition) is 0. The first kappa shape index (κ1) is 17.9. The van der Waals surface area contributed by atoms with Crippen LogP contribution in [0.2, 0.25) is 0 Å². The molecular formula is C19H24N2O3S. The van der Waals surface area contributed by atoms with Crippen LogP contribution in [0, 0.1) is 19.8 Å². The Labute approximate surface area is 151 Å². The summed E-state index contributed by atoms with van der Waals surface area (Å²) in [5.41, 5.74) is 3.18. The minimum Gasteiger partial charge on any atom is -0.468 e. The molecule has 6 heteroatoms. The van der Waals surface area contributed by atoms with E-state index in [1.54, 1.807) is 0 Å². The number of esters is 1. The molecular weight excluding hydrogens is 336 g/mol. The number of methoxy groups -OCH3 is 1. The molecule has 134 valence electrons. The summed E-state index contributed by atoms with van der Waals surface area (Å²) in [6, 6.07) is 4.15. The molecule has 3 rings (SSSR count). The molecule has 0 spiro atoms. The lowest BCUT2D eigenvalue weighted by Gasteiger charge is -2.17. The van der Waals surface area contributed by atoms with Crippen molar-refractivity contribution in [3.8, 4) is 0 Å². The third-order valence-corrected chi connectivity index (χ3v) is 5.81. The molecule has 1 aromatic heterocycles. The number of thiazole rings is 1. The maximum absolute atomic E-state index is 12.6. The molecule has 0 N–H and O–H groups in total. The Bertz CT molecular complexity index is 873. The normalized spacial score (nSPS) is 16.4. The quantitative estimate of drug-likeness (QED) is 0.787. The molecule has 0 unspecified atom stereocenters. The smallest absolute Gasteiger partial charge is 0.325 e. The zero-order valence-electron chi connectivity index (χ0n) is 15.0. The molecule has 1 aliphatic rings. The van der Waals surface area contributed by atoms with Gasteiger partial charge < -0.3 is 9.30 Å². The summed E-state index contributed by atoms with van der Waals surface area (Å²) in [5, 5.41) is 0. The first-order valence-corrected chi connectivity index (χ1v) is 9.57. The Hall–Kier alpha value is -1.95. The van der Waals surface area contributed by atoms with E-state index >= 15 is 0 Å². The topological polar surface area (TPSA) is 60.7 Å². The molecule has 5 nitrogen and oxygen atoms in total. The summed E-state index contributed by atoms with van der Waals surface area (Å²) in [5.74, 6) is -0.376. The van der Waals surface area contributed by atoms with Crippen LogP contribution in [0.5, 0.6) is 0 Å². The molecule has 0 atom stereocenters. The van der Waals surface area contributed by atoms with E-state index in [9.17, 15) is 9.59 Å². The van der Waals surface area contributed by atoms with Gasteiger partial charge in [-0.1, -0.05) is 36.7 Å². The van der Waals surface area contributed by atoms with Gasteiger partial charge in [0, 0.05) is 5.92 Å². The highest BCUT2D eigenvalue weighted by atomic mass is 32.1. The van der Waals surface area contributed by atoms with E-state index < -0.39 is 0 Å². The van der Waals surface area contributed by atoms with Gasteiger partial charge in [-0.3, -0.25) is 9.59 Å². The lowest BCUT2D eigenvalue weighted by molar-refractivity contribution is -0.141. The second kappa shape index (κ2) is 7.52. The molecule has 1 aliphatic carbocycles. The van der Waals surface area contributed by atoms with Crippen molar-refractivity contribution in [1.29, 1.82) is 0 Å². The molecule has 0 saturated heterocycles. The standard InChI is InChI=1S/C19H24N2O3S/c1-12-9-13(2)17-15(10-12)25-19(21(17)11-16(22)24-3)20-18(23)14-7-5-4-6-8-14/h9-10,14H,4-8,11H2,1-3H3. The number of fused-ring (bicyclic) bond motifs is 1. The summed E-state index contributed by atoms with van der Waals surface area (Å²) in [7, 11) is 1.37. The molecule has 0 radical (unpaired) electrons. The van der Waals surface area contributed by atoms with Crippen molar-refractivity contribution in [3.05, 3.63) is 28.1 Å². The fourth-order valence-electron chi connectivity index (χ4n) is 3.55. The lowest BCUT2D eigenvalue weighted by Crippen LogP contribution is -2.25. The van der Waals surface area contributed by atoms with Crippen molar-refractivity contribution >= 4 is 33.4 Å². The zero-order valence-corrected chi connectivity index (χ0v) is 15.8. The maximum atomic E-state index is 12.6. The largest absolute Gasteiger partial charge is 0.468 e. The van der Waals surface area contributed by atoms with E-state index in [4.69, 9.17) is 4.74 Å². The molecule has 0 aliphatic heterocycles. The van der Waals surface area contributed by atoms with Crippen molar-refractivity contribution in [2.75, 3.05) is 7.11 Å². The summed E-state index contributed by atoms with van der Waals surface area (Å²) < 4.78 is 7.69.